The van der Waals surface area contributed by atoms with E-state index >= 15 is 0 Å². The third-order valence-corrected chi connectivity index (χ3v) is 10.7. The largest absolute Gasteiger partial charge is 0.456 e. The van der Waals surface area contributed by atoms with Gasteiger partial charge < -0.3 is 8.98 Å². The molecule has 0 saturated heterocycles. The highest BCUT2D eigenvalue weighted by Crippen LogP contribution is 2.40. The minimum Gasteiger partial charge on any atom is -0.456 e. The first kappa shape index (κ1) is 31.9. The van der Waals surface area contributed by atoms with E-state index in [0.717, 1.165) is 72.0 Å². The van der Waals surface area contributed by atoms with Gasteiger partial charge in [-0.25, -0.2) is 15.0 Å². The fourth-order valence-corrected chi connectivity index (χ4v) is 7.96. The van der Waals surface area contributed by atoms with Crippen molar-refractivity contribution in [1.82, 2.24) is 19.5 Å². The molecule has 0 amide bonds. The summed E-state index contributed by atoms with van der Waals surface area (Å²) in [4.78, 5) is 15.5. The lowest BCUT2D eigenvalue weighted by molar-refractivity contribution is 0.669. The molecule has 3 aromatic heterocycles. The number of furan rings is 1. The first-order valence-electron chi connectivity index (χ1n) is 18.8. The van der Waals surface area contributed by atoms with Crippen molar-refractivity contribution in [3.05, 3.63) is 194 Å². The van der Waals surface area contributed by atoms with E-state index in [1.165, 1.54) is 16.3 Å². The lowest BCUT2D eigenvalue weighted by atomic mass is 9.99. The van der Waals surface area contributed by atoms with Crippen LogP contribution in [0.5, 0.6) is 0 Å². The predicted octanol–water partition coefficient (Wildman–Crippen LogP) is 13.2. The van der Waals surface area contributed by atoms with Gasteiger partial charge in [0, 0.05) is 38.2 Å². The van der Waals surface area contributed by atoms with Crippen molar-refractivity contribution in [1.29, 1.82) is 0 Å². The van der Waals surface area contributed by atoms with Crippen molar-refractivity contribution in [2.24, 2.45) is 0 Å². The van der Waals surface area contributed by atoms with Crippen LogP contribution in [0.25, 0.3) is 106 Å². The Balaban J connectivity index is 1.20. The number of para-hydroxylation sites is 2. The molecule has 0 aliphatic rings. The van der Waals surface area contributed by atoms with Gasteiger partial charge in [0.15, 0.2) is 17.5 Å². The average molecular weight is 717 g/mol. The van der Waals surface area contributed by atoms with Crippen LogP contribution in [0.3, 0.4) is 0 Å². The molecule has 8 aromatic carbocycles. The zero-order valence-electron chi connectivity index (χ0n) is 30.2. The smallest absolute Gasteiger partial charge is 0.166 e. The molecule has 0 spiro atoms. The van der Waals surface area contributed by atoms with E-state index in [4.69, 9.17) is 19.4 Å². The van der Waals surface area contributed by atoms with E-state index in [0.29, 0.717) is 17.5 Å². The first-order chi connectivity index (χ1) is 27.7. The molecule has 0 unspecified atom stereocenters. The molecule has 0 radical (unpaired) electrons. The molecular weight excluding hydrogens is 685 g/mol. The van der Waals surface area contributed by atoms with Crippen LogP contribution >= 0.6 is 0 Å². The summed E-state index contributed by atoms with van der Waals surface area (Å²) >= 11 is 0. The molecule has 262 valence electrons. The Kier molecular flexibility index (Phi) is 7.42. The van der Waals surface area contributed by atoms with Crippen LogP contribution in [-0.2, 0) is 0 Å². The number of hydrogen-bond donors (Lipinski definition) is 0. The van der Waals surface area contributed by atoms with Gasteiger partial charge in [0.1, 0.15) is 11.2 Å². The third-order valence-electron chi connectivity index (χ3n) is 10.7. The van der Waals surface area contributed by atoms with Gasteiger partial charge in [-0.3, -0.25) is 0 Å². The molecule has 0 aliphatic carbocycles. The van der Waals surface area contributed by atoms with Gasteiger partial charge >= 0.3 is 0 Å². The second-order valence-electron chi connectivity index (χ2n) is 14.0. The lowest BCUT2D eigenvalue weighted by Gasteiger charge is -2.16. The van der Waals surface area contributed by atoms with Gasteiger partial charge in [-0.15, -0.1) is 0 Å². The molecule has 0 aliphatic heterocycles. The summed E-state index contributed by atoms with van der Waals surface area (Å²) in [6.45, 7) is 0. The van der Waals surface area contributed by atoms with Crippen molar-refractivity contribution < 1.29 is 4.42 Å². The van der Waals surface area contributed by atoms with Crippen molar-refractivity contribution in [3.63, 3.8) is 0 Å². The van der Waals surface area contributed by atoms with Gasteiger partial charge in [-0.05, 0) is 64.7 Å². The molecule has 5 nitrogen and oxygen atoms in total. The molecule has 0 bridgehead atoms. The van der Waals surface area contributed by atoms with E-state index in [1.807, 2.05) is 72.8 Å². The summed E-state index contributed by atoms with van der Waals surface area (Å²) in [5.74, 6) is 1.82. The Morgan fingerprint density at radius 2 is 0.821 bits per heavy atom. The molecule has 56 heavy (non-hydrogen) atoms. The summed E-state index contributed by atoms with van der Waals surface area (Å²) in [6.07, 6.45) is 0. The molecule has 0 N–H and O–H groups in total. The van der Waals surface area contributed by atoms with Gasteiger partial charge in [-0.2, -0.15) is 0 Å². The second-order valence-corrected chi connectivity index (χ2v) is 14.0. The Labute approximate surface area is 322 Å². The topological polar surface area (TPSA) is 56.7 Å². The zero-order valence-corrected chi connectivity index (χ0v) is 30.2. The number of nitrogens with zero attached hydrogens (tertiary/aromatic N) is 4. The second kappa shape index (κ2) is 13.0. The monoisotopic (exact) mass is 716 g/mol. The minimum atomic E-state index is 0.588. The van der Waals surface area contributed by atoms with Crippen LogP contribution in [0, 0.1) is 0 Å². The fraction of sp³-hybridized carbons (Fsp3) is 0. The summed E-state index contributed by atoms with van der Waals surface area (Å²) in [7, 11) is 0. The Morgan fingerprint density at radius 3 is 1.54 bits per heavy atom. The molecule has 11 aromatic rings. The van der Waals surface area contributed by atoms with Crippen LogP contribution in [0.4, 0.5) is 0 Å². The standard InChI is InChI=1S/C51H32N4O/c1-4-14-33(15-5-1)37-24-27-40-39-20-10-12-22-44(39)55(46(40)31-37)45-29-26-36(38-25-28-42-41-21-11-13-23-47(41)56-48(42)32-38)30-43(45)51-53-49(34-16-6-2-7-17-34)52-50(54-51)35-18-8-3-9-19-35/h1-32H. The molecule has 11 rings (SSSR count). The number of rotatable bonds is 6. The maximum absolute atomic E-state index is 6.35. The van der Waals surface area contributed by atoms with Gasteiger partial charge in [-0.1, -0.05) is 152 Å². The van der Waals surface area contributed by atoms with Crippen LogP contribution < -0.4 is 0 Å². The van der Waals surface area contributed by atoms with Gasteiger partial charge in [0.2, 0.25) is 0 Å². The molecule has 3 heterocycles. The van der Waals surface area contributed by atoms with Crippen LogP contribution in [0.2, 0.25) is 0 Å². The van der Waals surface area contributed by atoms with E-state index in [-0.39, 0.29) is 0 Å². The van der Waals surface area contributed by atoms with Crippen molar-refractivity contribution in [2.45, 2.75) is 0 Å². The molecule has 5 heteroatoms. The van der Waals surface area contributed by atoms with Crippen LogP contribution in [0.15, 0.2) is 199 Å². The van der Waals surface area contributed by atoms with Crippen molar-refractivity contribution in [2.75, 3.05) is 0 Å². The SMILES string of the molecule is c1ccc(-c2ccc3c4ccccc4n(-c4ccc(-c5ccc6c(c5)oc5ccccc56)cc4-c4nc(-c5ccccc5)nc(-c5ccccc5)n4)c3c2)cc1. The maximum Gasteiger partial charge on any atom is 0.166 e. The van der Waals surface area contributed by atoms with Crippen molar-refractivity contribution >= 4 is 43.7 Å². The summed E-state index contributed by atoms with van der Waals surface area (Å²) in [5, 5.41) is 4.56. The number of hydrogen-bond acceptors (Lipinski definition) is 4. The maximum atomic E-state index is 6.35. The summed E-state index contributed by atoms with van der Waals surface area (Å²) in [6, 6.07) is 67.5. The third kappa shape index (κ3) is 5.37. The zero-order chi connectivity index (χ0) is 37.0. The fourth-order valence-electron chi connectivity index (χ4n) is 7.96. The Morgan fingerprint density at radius 1 is 0.321 bits per heavy atom. The lowest BCUT2D eigenvalue weighted by Crippen LogP contribution is -2.04. The summed E-state index contributed by atoms with van der Waals surface area (Å²) in [5.41, 5.74) is 12.0. The van der Waals surface area contributed by atoms with Gasteiger partial charge in [0.05, 0.1) is 16.7 Å². The average Bonchev–Trinajstić information content (AvgIpc) is 3.82. The Hall–Kier alpha value is -7.63. The molecular formula is C51H32N4O. The normalized spacial score (nSPS) is 11.6. The first-order valence-corrected chi connectivity index (χ1v) is 18.8. The highest BCUT2D eigenvalue weighted by molar-refractivity contribution is 6.11. The van der Waals surface area contributed by atoms with E-state index in [2.05, 4.69) is 126 Å². The molecule has 0 fully saturated rings. The van der Waals surface area contributed by atoms with Gasteiger partial charge in [0.25, 0.3) is 0 Å². The number of aromatic nitrogens is 4. The van der Waals surface area contributed by atoms with E-state index in [1.54, 1.807) is 0 Å². The summed E-state index contributed by atoms with van der Waals surface area (Å²) < 4.78 is 8.72. The van der Waals surface area contributed by atoms with E-state index in [9.17, 15) is 0 Å². The minimum absolute atomic E-state index is 0.588. The van der Waals surface area contributed by atoms with Crippen LogP contribution in [0.1, 0.15) is 0 Å². The number of benzene rings is 8. The van der Waals surface area contributed by atoms with Crippen LogP contribution in [-0.4, -0.2) is 19.5 Å². The highest BCUT2D eigenvalue weighted by Gasteiger charge is 2.21. The number of fused-ring (bicyclic) bond motifs is 6. The molecule has 0 saturated carbocycles. The Bertz CT molecular complexity index is 3180. The van der Waals surface area contributed by atoms with Crippen molar-refractivity contribution in [3.8, 4) is 62.1 Å². The molecule has 0 atom stereocenters. The quantitative estimate of drug-likeness (QED) is 0.172. The van der Waals surface area contributed by atoms with E-state index < -0.39 is 0 Å². The predicted molar refractivity (Wildman–Crippen MR) is 229 cm³/mol. The highest BCUT2D eigenvalue weighted by atomic mass is 16.3.